The minimum atomic E-state index is -0.00898. The van der Waals surface area contributed by atoms with Crippen molar-refractivity contribution < 1.29 is 9.94 Å². The summed E-state index contributed by atoms with van der Waals surface area (Å²) in [5.74, 6) is 0.395. The fourth-order valence-corrected chi connectivity index (χ4v) is 1.96. The third-order valence-corrected chi connectivity index (χ3v) is 3.15. The molecule has 0 aromatic carbocycles. The molecule has 0 amide bonds. The molecule has 1 aromatic heterocycles. The zero-order chi connectivity index (χ0) is 15.5. The van der Waals surface area contributed by atoms with Crippen LogP contribution >= 0.6 is 0 Å². The Morgan fingerprint density at radius 2 is 1.90 bits per heavy atom. The first-order valence-electron chi connectivity index (χ1n) is 7.91. The van der Waals surface area contributed by atoms with E-state index in [0.717, 1.165) is 24.0 Å². The predicted octanol–water partition coefficient (Wildman–Crippen LogP) is 2.75. The van der Waals surface area contributed by atoms with Crippen LogP contribution in [0.4, 0.5) is 5.95 Å². The van der Waals surface area contributed by atoms with Crippen molar-refractivity contribution in [3.05, 3.63) is 11.6 Å². The van der Waals surface area contributed by atoms with Crippen LogP contribution in [0.1, 0.15) is 58.8 Å². The summed E-state index contributed by atoms with van der Waals surface area (Å²) in [7, 11) is 0. The van der Waals surface area contributed by atoms with Crippen LogP contribution in [0.25, 0.3) is 0 Å². The maximum absolute atomic E-state index is 9.80. The standard InChI is InChI=1S/C15H28N4O2/c1-3-5-6-7-8-9-10-17-13-12-14(21-11-4-2)18-15(16)19(13)20/h12,20H,3-11H2,1-2H3,(H2,16,18). The molecule has 0 saturated heterocycles. The first-order valence-corrected chi connectivity index (χ1v) is 7.91. The smallest absolute Gasteiger partial charge is 0.239 e. The normalized spacial score (nSPS) is 11.8. The van der Waals surface area contributed by atoms with Gasteiger partial charge in [0.2, 0.25) is 11.8 Å². The Labute approximate surface area is 126 Å². The fourth-order valence-electron chi connectivity index (χ4n) is 1.96. The van der Waals surface area contributed by atoms with E-state index < -0.39 is 0 Å². The summed E-state index contributed by atoms with van der Waals surface area (Å²) in [4.78, 5) is 8.32. The largest absolute Gasteiger partial charge is 0.477 e. The number of nitrogens with two attached hydrogens (primary N) is 1. The zero-order valence-electron chi connectivity index (χ0n) is 13.2. The number of nitrogens with zero attached hydrogens (tertiary/aromatic N) is 3. The lowest BCUT2D eigenvalue weighted by Gasteiger charge is -2.07. The van der Waals surface area contributed by atoms with Gasteiger partial charge in [-0.15, -0.1) is 4.73 Å². The highest BCUT2D eigenvalue weighted by molar-refractivity contribution is 5.21. The minimum Gasteiger partial charge on any atom is -0.477 e. The van der Waals surface area contributed by atoms with E-state index in [9.17, 15) is 5.21 Å². The van der Waals surface area contributed by atoms with Crippen molar-refractivity contribution in [1.29, 1.82) is 0 Å². The van der Waals surface area contributed by atoms with Gasteiger partial charge in [-0.1, -0.05) is 46.0 Å². The van der Waals surface area contributed by atoms with Crippen LogP contribution in [-0.2, 0) is 0 Å². The van der Waals surface area contributed by atoms with E-state index in [-0.39, 0.29) is 5.95 Å². The SMILES string of the molecule is CCCCCCCCN=c1cc(OCCC)nc(N)n1O. The summed E-state index contributed by atoms with van der Waals surface area (Å²) in [6, 6.07) is 1.61. The van der Waals surface area contributed by atoms with Gasteiger partial charge in [-0.2, -0.15) is 4.98 Å². The number of ether oxygens (including phenoxy) is 1. The van der Waals surface area contributed by atoms with E-state index in [1.165, 1.54) is 25.7 Å². The number of aromatic nitrogens is 2. The molecule has 0 bridgehead atoms. The maximum Gasteiger partial charge on any atom is 0.239 e. The van der Waals surface area contributed by atoms with Crippen molar-refractivity contribution in [2.75, 3.05) is 18.9 Å². The Morgan fingerprint density at radius 1 is 1.19 bits per heavy atom. The molecule has 0 aliphatic rings. The van der Waals surface area contributed by atoms with Gasteiger partial charge in [0.15, 0.2) is 5.49 Å². The number of anilines is 1. The highest BCUT2D eigenvalue weighted by atomic mass is 16.5. The quantitative estimate of drug-likeness (QED) is 0.513. The number of nitrogen functional groups attached to an aromatic ring is 1. The Bertz CT molecular complexity index is 471. The van der Waals surface area contributed by atoms with Crippen LogP contribution in [0.2, 0.25) is 0 Å². The molecule has 0 radical (unpaired) electrons. The third-order valence-electron chi connectivity index (χ3n) is 3.15. The van der Waals surface area contributed by atoms with Crippen LogP contribution in [0.5, 0.6) is 5.88 Å². The van der Waals surface area contributed by atoms with E-state index in [0.29, 0.717) is 24.5 Å². The molecule has 0 atom stereocenters. The molecule has 0 saturated carbocycles. The van der Waals surface area contributed by atoms with E-state index >= 15 is 0 Å². The monoisotopic (exact) mass is 296 g/mol. The van der Waals surface area contributed by atoms with Crippen molar-refractivity contribution in [3.8, 4) is 5.88 Å². The Hall–Kier alpha value is -1.72. The van der Waals surface area contributed by atoms with Gasteiger partial charge in [0.05, 0.1) is 6.61 Å². The number of hydrogen-bond acceptors (Lipinski definition) is 5. The van der Waals surface area contributed by atoms with E-state index in [2.05, 4.69) is 16.9 Å². The molecule has 120 valence electrons. The van der Waals surface area contributed by atoms with Crippen LogP contribution in [0.3, 0.4) is 0 Å². The topological polar surface area (TPSA) is 85.7 Å². The van der Waals surface area contributed by atoms with Crippen molar-refractivity contribution >= 4 is 5.95 Å². The molecule has 1 rings (SSSR count). The Kier molecular flexibility index (Phi) is 8.31. The second-order valence-electron chi connectivity index (χ2n) is 5.12. The molecule has 0 fully saturated rings. The van der Waals surface area contributed by atoms with Crippen LogP contribution in [0, 0.1) is 0 Å². The van der Waals surface area contributed by atoms with Gasteiger partial charge in [-0.05, 0) is 12.8 Å². The number of rotatable bonds is 10. The minimum absolute atomic E-state index is 0.00898. The predicted molar refractivity (Wildman–Crippen MR) is 83.4 cm³/mol. The molecule has 6 heteroatoms. The zero-order valence-corrected chi connectivity index (χ0v) is 13.2. The molecule has 1 aromatic rings. The summed E-state index contributed by atoms with van der Waals surface area (Å²) in [6.45, 7) is 5.46. The van der Waals surface area contributed by atoms with E-state index in [4.69, 9.17) is 10.5 Å². The summed E-state index contributed by atoms with van der Waals surface area (Å²) in [6.07, 6.45) is 8.14. The van der Waals surface area contributed by atoms with E-state index in [1.807, 2.05) is 6.92 Å². The van der Waals surface area contributed by atoms with Gasteiger partial charge in [-0.25, -0.2) is 0 Å². The summed E-state index contributed by atoms with van der Waals surface area (Å²) < 4.78 is 6.23. The second kappa shape index (κ2) is 10.1. The van der Waals surface area contributed by atoms with Gasteiger partial charge >= 0.3 is 0 Å². The molecule has 0 aliphatic heterocycles. The highest BCUT2D eigenvalue weighted by Gasteiger charge is 2.03. The third kappa shape index (κ3) is 6.51. The first kappa shape index (κ1) is 17.3. The average Bonchev–Trinajstić information content (AvgIpc) is 2.48. The van der Waals surface area contributed by atoms with Gasteiger partial charge < -0.3 is 15.7 Å². The maximum atomic E-state index is 9.80. The summed E-state index contributed by atoms with van der Waals surface area (Å²) in [5.41, 5.74) is 6.03. The van der Waals surface area contributed by atoms with Gasteiger partial charge in [0.25, 0.3) is 0 Å². The first-order chi connectivity index (χ1) is 10.2. The van der Waals surface area contributed by atoms with Crippen molar-refractivity contribution in [3.63, 3.8) is 0 Å². The summed E-state index contributed by atoms with van der Waals surface area (Å²) in [5, 5.41) is 9.80. The molecule has 0 aliphatic carbocycles. The van der Waals surface area contributed by atoms with Crippen LogP contribution in [0.15, 0.2) is 11.1 Å². The molecular weight excluding hydrogens is 268 g/mol. The molecule has 21 heavy (non-hydrogen) atoms. The molecule has 6 nitrogen and oxygen atoms in total. The van der Waals surface area contributed by atoms with Crippen LogP contribution < -0.4 is 16.0 Å². The Balaban J connectivity index is 2.55. The second-order valence-corrected chi connectivity index (χ2v) is 5.12. The van der Waals surface area contributed by atoms with Gasteiger partial charge in [-0.3, -0.25) is 4.99 Å². The fraction of sp³-hybridized carbons (Fsp3) is 0.733. The molecule has 0 spiro atoms. The van der Waals surface area contributed by atoms with Crippen molar-refractivity contribution in [2.24, 2.45) is 4.99 Å². The van der Waals surface area contributed by atoms with Crippen molar-refractivity contribution in [1.82, 2.24) is 9.71 Å². The lowest BCUT2D eigenvalue weighted by Crippen LogP contribution is -2.24. The number of unbranched alkanes of at least 4 members (excludes halogenated alkanes) is 5. The van der Waals surface area contributed by atoms with E-state index in [1.54, 1.807) is 6.07 Å². The molecular formula is C15H28N4O2. The highest BCUT2D eigenvalue weighted by Crippen LogP contribution is 2.06. The summed E-state index contributed by atoms with van der Waals surface area (Å²) >= 11 is 0. The Morgan fingerprint density at radius 3 is 2.62 bits per heavy atom. The lowest BCUT2D eigenvalue weighted by molar-refractivity contribution is 0.172. The number of hydrogen-bond donors (Lipinski definition) is 2. The van der Waals surface area contributed by atoms with Crippen LogP contribution in [-0.4, -0.2) is 28.1 Å². The molecule has 3 N–H and O–H groups in total. The molecule has 1 heterocycles. The lowest BCUT2D eigenvalue weighted by atomic mass is 10.1. The average molecular weight is 296 g/mol. The van der Waals surface area contributed by atoms with Gasteiger partial charge in [0, 0.05) is 12.6 Å². The van der Waals surface area contributed by atoms with Gasteiger partial charge in [0.1, 0.15) is 0 Å². The van der Waals surface area contributed by atoms with Crippen molar-refractivity contribution in [2.45, 2.75) is 58.8 Å². The molecule has 0 unspecified atom stereocenters.